The van der Waals surface area contributed by atoms with Gasteiger partial charge in [-0.3, -0.25) is 4.79 Å². The Kier molecular flexibility index (Phi) is 5.60. The zero-order valence-corrected chi connectivity index (χ0v) is 16.5. The summed E-state index contributed by atoms with van der Waals surface area (Å²) < 4.78 is 20.3. The molecule has 1 aliphatic rings. The first-order valence-corrected chi connectivity index (χ1v) is 9.84. The number of hydrogen-bond donors (Lipinski definition) is 1. The quantitative estimate of drug-likeness (QED) is 0.652. The minimum Gasteiger partial charge on any atom is -0.465 e. The van der Waals surface area contributed by atoms with Gasteiger partial charge in [0.1, 0.15) is 23.7 Å². The fraction of sp³-hybridized carbons (Fsp3) is 0.333. The molecule has 156 valence electrons. The molecule has 1 aromatic carbocycles. The van der Waals surface area contributed by atoms with Crippen LogP contribution in [0.2, 0.25) is 0 Å². The summed E-state index contributed by atoms with van der Waals surface area (Å²) in [5, 5.41) is 2.59. The number of urea groups is 1. The highest BCUT2D eigenvalue weighted by Gasteiger charge is 2.31. The summed E-state index contributed by atoms with van der Waals surface area (Å²) >= 11 is 0. The van der Waals surface area contributed by atoms with Gasteiger partial charge in [0, 0.05) is 24.8 Å². The Morgan fingerprint density at radius 1 is 1.27 bits per heavy atom. The van der Waals surface area contributed by atoms with E-state index < -0.39 is 5.97 Å². The molecule has 0 aliphatic carbocycles. The molecule has 1 fully saturated rings. The molecule has 0 spiro atoms. The number of esters is 1. The lowest BCUT2D eigenvalue weighted by atomic mass is 10.2. The first-order chi connectivity index (χ1) is 14.6. The van der Waals surface area contributed by atoms with Crippen molar-refractivity contribution < 1.29 is 18.7 Å². The molecule has 9 heteroatoms. The summed E-state index contributed by atoms with van der Waals surface area (Å²) in [5.41, 5.74) is 2.23. The van der Waals surface area contributed by atoms with Crippen LogP contribution >= 0.6 is 0 Å². The number of pyridine rings is 1. The monoisotopic (exact) mass is 411 g/mol. The van der Waals surface area contributed by atoms with Crippen molar-refractivity contribution in [3.63, 3.8) is 0 Å². The summed E-state index contributed by atoms with van der Waals surface area (Å²) in [7, 11) is 0. The molecule has 0 radical (unpaired) electrons. The lowest BCUT2D eigenvalue weighted by Gasteiger charge is -2.19. The molecule has 3 aromatic rings. The Morgan fingerprint density at radius 3 is 2.83 bits per heavy atom. The van der Waals surface area contributed by atoms with Crippen molar-refractivity contribution in [1.29, 1.82) is 0 Å². The minimum absolute atomic E-state index is 0.0432. The number of carbonyl (C=O) groups excluding carboxylic acids is 2. The number of amides is 2. The van der Waals surface area contributed by atoms with Gasteiger partial charge in [-0.1, -0.05) is 0 Å². The van der Waals surface area contributed by atoms with Gasteiger partial charge in [-0.25, -0.2) is 19.2 Å². The van der Waals surface area contributed by atoms with Crippen LogP contribution in [-0.4, -0.2) is 57.7 Å². The zero-order valence-electron chi connectivity index (χ0n) is 16.5. The molecule has 1 aliphatic heterocycles. The van der Waals surface area contributed by atoms with Crippen LogP contribution in [0.3, 0.4) is 0 Å². The summed E-state index contributed by atoms with van der Waals surface area (Å²) in [6.07, 6.45) is 2.41. The highest BCUT2D eigenvalue weighted by Crippen LogP contribution is 2.32. The largest absolute Gasteiger partial charge is 0.465 e. The Bertz CT molecular complexity index is 1070. The molecule has 1 atom stereocenters. The summed E-state index contributed by atoms with van der Waals surface area (Å²) in [6, 6.07) is 9.51. The Labute approximate surface area is 172 Å². The summed E-state index contributed by atoms with van der Waals surface area (Å²) in [4.78, 5) is 34.8. The molecule has 1 saturated heterocycles. The predicted molar refractivity (Wildman–Crippen MR) is 108 cm³/mol. The third kappa shape index (κ3) is 3.96. The molecule has 1 unspecified atom stereocenters. The second kappa shape index (κ2) is 8.48. The van der Waals surface area contributed by atoms with Gasteiger partial charge in [-0.15, -0.1) is 0 Å². The SMILES string of the molecule is CCOC(=O)CNC(=O)N1CCC(n2c(-c3ccc(F)cc3)nc3cccnc32)C1. The number of benzene rings is 1. The molecule has 1 N–H and O–H groups in total. The number of nitrogens with one attached hydrogen (secondary N) is 1. The predicted octanol–water partition coefficient (Wildman–Crippen LogP) is 2.76. The maximum absolute atomic E-state index is 13.4. The second-order valence-corrected chi connectivity index (χ2v) is 7.01. The number of ether oxygens (including phenoxy) is 1. The van der Waals surface area contributed by atoms with Gasteiger partial charge in [0.25, 0.3) is 0 Å². The van der Waals surface area contributed by atoms with Crippen LogP contribution in [0.25, 0.3) is 22.6 Å². The van der Waals surface area contributed by atoms with Crippen molar-refractivity contribution in [2.24, 2.45) is 0 Å². The zero-order chi connectivity index (χ0) is 21.1. The number of halogens is 1. The topological polar surface area (TPSA) is 89.4 Å². The molecular formula is C21H22FN5O3. The molecule has 30 heavy (non-hydrogen) atoms. The van der Waals surface area contributed by atoms with Crippen molar-refractivity contribution in [1.82, 2.24) is 24.8 Å². The van der Waals surface area contributed by atoms with E-state index in [2.05, 4.69) is 10.3 Å². The van der Waals surface area contributed by atoms with Gasteiger partial charge in [-0.2, -0.15) is 0 Å². The van der Waals surface area contributed by atoms with Crippen LogP contribution in [0.15, 0.2) is 42.6 Å². The van der Waals surface area contributed by atoms with E-state index in [0.29, 0.717) is 25.3 Å². The Hall–Kier alpha value is -3.49. The van der Waals surface area contributed by atoms with Crippen LogP contribution < -0.4 is 5.32 Å². The molecule has 2 amide bonds. The normalized spacial score (nSPS) is 16.1. The minimum atomic E-state index is -0.468. The average Bonchev–Trinajstić information content (AvgIpc) is 3.37. The summed E-state index contributed by atoms with van der Waals surface area (Å²) in [6.45, 7) is 2.81. The number of imidazole rings is 1. The maximum atomic E-state index is 13.4. The van der Waals surface area contributed by atoms with E-state index in [1.54, 1.807) is 30.2 Å². The first kappa shape index (κ1) is 19.8. The Balaban J connectivity index is 1.57. The van der Waals surface area contributed by atoms with E-state index in [1.165, 1.54) is 12.1 Å². The molecule has 0 saturated carbocycles. The fourth-order valence-corrected chi connectivity index (χ4v) is 3.69. The molecule has 4 rings (SSSR count). The standard InChI is InChI=1S/C21H22FN5O3/c1-2-30-18(28)12-24-21(29)26-11-9-16(13-26)27-19(14-5-7-15(22)8-6-14)25-17-4-3-10-23-20(17)27/h3-8,10,16H,2,9,11-13H2,1H3,(H,24,29). The number of carbonyl (C=O) groups is 2. The van der Waals surface area contributed by atoms with Crippen molar-refractivity contribution >= 4 is 23.2 Å². The van der Waals surface area contributed by atoms with Gasteiger partial charge in [-0.05, 0) is 49.7 Å². The smallest absolute Gasteiger partial charge is 0.325 e. The van der Waals surface area contributed by atoms with Crippen molar-refractivity contribution in [3.8, 4) is 11.4 Å². The average molecular weight is 411 g/mol. The van der Waals surface area contributed by atoms with E-state index in [-0.39, 0.29) is 31.0 Å². The lowest BCUT2D eigenvalue weighted by molar-refractivity contribution is -0.141. The van der Waals surface area contributed by atoms with Gasteiger partial charge in [0.2, 0.25) is 0 Å². The number of likely N-dealkylation sites (tertiary alicyclic amines) is 1. The molecule has 2 aromatic heterocycles. The van der Waals surface area contributed by atoms with Gasteiger partial charge in [0.15, 0.2) is 5.65 Å². The van der Waals surface area contributed by atoms with Gasteiger partial charge >= 0.3 is 12.0 Å². The third-order valence-electron chi connectivity index (χ3n) is 5.06. The van der Waals surface area contributed by atoms with Crippen molar-refractivity contribution in [2.45, 2.75) is 19.4 Å². The van der Waals surface area contributed by atoms with E-state index in [0.717, 1.165) is 16.7 Å². The van der Waals surface area contributed by atoms with E-state index in [1.807, 2.05) is 16.7 Å². The summed E-state index contributed by atoms with van der Waals surface area (Å²) in [5.74, 6) is -0.0997. The van der Waals surface area contributed by atoms with E-state index in [4.69, 9.17) is 9.72 Å². The fourth-order valence-electron chi connectivity index (χ4n) is 3.69. The molecular weight excluding hydrogens is 389 g/mol. The van der Waals surface area contributed by atoms with Crippen molar-refractivity contribution in [2.75, 3.05) is 26.2 Å². The number of rotatable bonds is 5. The van der Waals surface area contributed by atoms with E-state index >= 15 is 0 Å². The number of fused-ring (bicyclic) bond motifs is 1. The number of aromatic nitrogens is 3. The molecule has 0 bridgehead atoms. The van der Waals surface area contributed by atoms with Crippen LogP contribution in [0.4, 0.5) is 9.18 Å². The van der Waals surface area contributed by atoms with E-state index in [9.17, 15) is 14.0 Å². The first-order valence-electron chi connectivity index (χ1n) is 9.84. The number of nitrogens with zero attached hydrogens (tertiary/aromatic N) is 4. The van der Waals surface area contributed by atoms with Gasteiger partial charge in [0.05, 0.1) is 12.6 Å². The Morgan fingerprint density at radius 2 is 2.07 bits per heavy atom. The van der Waals surface area contributed by atoms with Crippen LogP contribution in [0.5, 0.6) is 0 Å². The molecule has 3 heterocycles. The van der Waals surface area contributed by atoms with Crippen LogP contribution in [0, 0.1) is 5.82 Å². The lowest BCUT2D eigenvalue weighted by Crippen LogP contribution is -2.41. The maximum Gasteiger partial charge on any atom is 0.325 e. The third-order valence-corrected chi connectivity index (χ3v) is 5.06. The molecule has 8 nitrogen and oxygen atoms in total. The number of hydrogen-bond acceptors (Lipinski definition) is 5. The van der Waals surface area contributed by atoms with Crippen LogP contribution in [-0.2, 0) is 9.53 Å². The van der Waals surface area contributed by atoms with Crippen molar-refractivity contribution in [3.05, 3.63) is 48.4 Å². The second-order valence-electron chi connectivity index (χ2n) is 7.01. The van der Waals surface area contributed by atoms with Gasteiger partial charge < -0.3 is 19.5 Å². The highest BCUT2D eigenvalue weighted by atomic mass is 19.1. The highest BCUT2D eigenvalue weighted by molar-refractivity contribution is 5.81. The van der Waals surface area contributed by atoms with Crippen LogP contribution in [0.1, 0.15) is 19.4 Å².